The summed E-state index contributed by atoms with van der Waals surface area (Å²) in [5, 5.41) is 7.07. The van der Waals surface area contributed by atoms with E-state index in [1.807, 2.05) is 10.4 Å². The summed E-state index contributed by atoms with van der Waals surface area (Å²) >= 11 is 0. The van der Waals surface area contributed by atoms with Crippen molar-refractivity contribution in [1.82, 2.24) is 14.9 Å². The minimum atomic E-state index is -4.40. The Morgan fingerprint density at radius 1 is 1.09 bits per heavy atom. The molecule has 0 aromatic heterocycles. The summed E-state index contributed by atoms with van der Waals surface area (Å²) in [6.07, 6.45) is -1.68. The van der Waals surface area contributed by atoms with Gasteiger partial charge in [-0.25, -0.2) is 4.39 Å². The van der Waals surface area contributed by atoms with Crippen LogP contribution in [0, 0.1) is 11.7 Å². The first kappa shape index (κ1) is 23.4. The highest BCUT2D eigenvalue weighted by molar-refractivity contribution is 8.27. The van der Waals surface area contributed by atoms with Crippen LogP contribution in [-0.4, -0.2) is 22.6 Å². The van der Waals surface area contributed by atoms with Gasteiger partial charge in [-0.2, -0.15) is 13.2 Å². The standard InChI is InChI=1S/C24H25F4N3O2S/c1-23(2)15-29-22(30-23)17-5-10-20(13-17)31(14-16-3-6-18(7-4-16)24(26,27)28)34(32-33-34)21-11-8-19(25)9-12-21/h3-9,11-12,17,22,29-30H,13-15H2,1-2H3/t17-,22?/m1/s1. The zero-order valence-corrected chi connectivity index (χ0v) is 19.5. The van der Waals surface area contributed by atoms with Crippen molar-refractivity contribution in [3.05, 3.63) is 83.0 Å². The van der Waals surface area contributed by atoms with Crippen molar-refractivity contribution in [3.8, 4) is 0 Å². The van der Waals surface area contributed by atoms with E-state index in [4.69, 9.17) is 8.67 Å². The maximum Gasteiger partial charge on any atom is 0.416 e. The lowest BCUT2D eigenvalue weighted by Crippen LogP contribution is -2.43. The fraction of sp³-hybridized carbons (Fsp3) is 0.375. The van der Waals surface area contributed by atoms with Gasteiger partial charge >= 0.3 is 6.18 Å². The van der Waals surface area contributed by atoms with Crippen LogP contribution in [-0.2, 0) is 21.4 Å². The molecule has 2 N–H and O–H groups in total. The summed E-state index contributed by atoms with van der Waals surface area (Å²) in [6.45, 7) is 5.35. The van der Waals surface area contributed by atoms with E-state index in [1.165, 1.54) is 24.3 Å². The zero-order valence-electron chi connectivity index (χ0n) is 18.7. The Morgan fingerprint density at radius 3 is 2.32 bits per heavy atom. The second-order valence-corrected chi connectivity index (χ2v) is 11.4. The Kier molecular flexibility index (Phi) is 5.79. The second kappa shape index (κ2) is 8.41. The minimum absolute atomic E-state index is 0.0233. The third-order valence-corrected chi connectivity index (χ3v) is 8.33. The number of alkyl halides is 3. The lowest BCUT2D eigenvalue weighted by atomic mass is 10.0. The number of nitrogens with zero attached hydrogens (tertiary/aromatic N) is 1. The fourth-order valence-electron chi connectivity index (χ4n) is 4.28. The SMILES string of the molecule is CC1(C)CNC([C@@H]2C=C=C(N(Cc3ccc(C(F)(F)F)cc3)S3(c4ccc(F)cc4)OO3)C2)N1. The monoisotopic (exact) mass is 495 g/mol. The van der Waals surface area contributed by atoms with E-state index in [0.717, 1.165) is 24.4 Å². The molecular formula is C24H25F4N3O2S. The highest BCUT2D eigenvalue weighted by Crippen LogP contribution is 2.75. The summed E-state index contributed by atoms with van der Waals surface area (Å²) in [4.78, 5) is 0.664. The van der Waals surface area contributed by atoms with Gasteiger partial charge in [0.05, 0.1) is 28.9 Å². The summed E-state index contributed by atoms with van der Waals surface area (Å²) in [6, 6.07) is 10.9. The maximum atomic E-state index is 13.6. The molecule has 5 nitrogen and oxygen atoms in total. The van der Waals surface area contributed by atoms with Gasteiger partial charge in [0, 0.05) is 24.4 Å². The topological polar surface area (TPSA) is 52.4 Å². The van der Waals surface area contributed by atoms with Crippen molar-refractivity contribution < 1.29 is 26.2 Å². The Morgan fingerprint density at radius 2 is 1.76 bits per heavy atom. The van der Waals surface area contributed by atoms with Gasteiger partial charge in [0.25, 0.3) is 0 Å². The predicted octanol–water partition coefficient (Wildman–Crippen LogP) is 5.57. The Bertz CT molecular complexity index is 1120. The molecular weight excluding hydrogens is 470 g/mol. The Balaban J connectivity index is 1.42. The van der Waals surface area contributed by atoms with E-state index >= 15 is 0 Å². The molecule has 2 atom stereocenters. The molecule has 34 heavy (non-hydrogen) atoms. The quantitative estimate of drug-likeness (QED) is 0.237. The number of halogens is 4. The van der Waals surface area contributed by atoms with Crippen LogP contribution in [0.3, 0.4) is 0 Å². The first-order valence-electron chi connectivity index (χ1n) is 10.9. The third kappa shape index (κ3) is 4.62. The molecule has 2 heterocycles. The van der Waals surface area contributed by atoms with Crippen molar-refractivity contribution in [1.29, 1.82) is 0 Å². The fourth-order valence-corrected chi connectivity index (χ4v) is 6.27. The average molecular weight is 496 g/mol. The first-order valence-corrected chi connectivity index (χ1v) is 12.4. The van der Waals surface area contributed by atoms with Crippen LogP contribution in [0.25, 0.3) is 0 Å². The van der Waals surface area contributed by atoms with E-state index in [-0.39, 0.29) is 30.0 Å². The van der Waals surface area contributed by atoms with Crippen LogP contribution in [0.4, 0.5) is 17.6 Å². The zero-order chi connectivity index (χ0) is 24.1. The first-order chi connectivity index (χ1) is 16.1. The summed E-state index contributed by atoms with van der Waals surface area (Å²) in [7, 11) is -2.37. The molecule has 0 bridgehead atoms. The van der Waals surface area contributed by atoms with E-state index in [2.05, 4.69) is 30.2 Å². The lowest BCUT2D eigenvalue weighted by molar-refractivity contribution is -0.137. The summed E-state index contributed by atoms with van der Waals surface area (Å²) in [5.74, 6) is -0.246. The predicted molar refractivity (Wildman–Crippen MR) is 120 cm³/mol. The van der Waals surface area contributed by atoms with Crippen LogP contribution in [0.15, 0.2) is 70.9 Å². The molecule has 182 valence electrons. The molecule has 2 fully saturated rings. The van der Waals surface area contributed by atoms with Gasteiger partial charge in [0.15, 0.2) is 0 Å². The van der Waals surface area contributed by atoms with Crippen LogP contribution in [0.5, 0.6) is 0 Å². The molecule has 0 amide bonds. The number of hydrogen-bond donors (Lipinski definition) is 2. The number of nitrogens with one attached hydrogen (secondary N) is 2. The van der Waals surface area contributed by atoms with Gasteiger partial charge in [-0.3, -0.25) is 14.9 Å². The normalized spacial score (nSPS) is 25.8. The molecule has 2 aliphatic heterocycles. The maximum absolute atomic E-state index is 13.6. The van der Waals surface area contributed by atoms with Crippen molar-refractivity contribution in [2.75, 3.05) is 6.54 Å². The second-order valence-electron chi connectivity index (χ2n) is 9.31. The largest absolute Gasteiger partial charge is 0.416 e. The van der Waals surface area contributed by atoms with Crippen molar-refractivity contribution in [3.63, 3.8) is 0 Å². The molecule has 0 radical (unpaired) electrons. The van der Waals surface area contributed by atoms with Gasteiger partial charge in [-0.15, -0.1) is 5.73 Å². The van der Waals surface area contributed by atoms with Gasteiger partial charge in [0.1, 0.15) is 5.82 Å². The smallest absolute Gasteiger partial charge is 0.300 e. The molecule has 2 aromatic rings. The average Bonchev–Trinajstić information content (AvgIpc) is 3.28. The molecule has 0 saturated carbocycles. The van der Waals surface area contributed by atoms with Gasteiger partial charge in [0.2, 0.25) is 0 Å². The number of benzene rings is 2. The Labute approximate surface area is 197 Å². The van der Waals surface area contributed by atoms with E-state index < -0.39 is 22.5 Å². The summed E-state index contributed by atoms with van der Waals surface area (Å²) in [5.41, 5.74) is 4.10. The van der Waals surface area contributed by atoms with Crippen molar-refractivity contribution >= 4 is 10.8 Å². The van der Waals surface area contributed by atoms with Gasteiger partial charge in [-0.05, 0) is 72.7 Å². The summed E-state index contributed by atoms with van der Waals surface area (Å²) < 4.78 is 65.6. The van der Waals surface area contributed by atoms with Crippen LogP contribution in [0.2, 0.25) is 0 Å². The molecule has 0 spiro atoms. The van der Waals surface area contributed by atoms with E-state index in [0.29, 0.717) is 16.9 Å². The third-order valence-electron chi connectivity index (χ3n) is 6.14. The van der Waals surface area contributed by atoms with Gasteiger partial charge < -0.3 is 0 Å². The minimum Gasteiger partial charge on any atom is -0.300 e. The van der Waals surface area contributed by atoms with Crippen LogP contribution in [0.1, 0.15) is 31.4 Å². The molecule has 10 heteroatoms. The molecule has 1 aliphatic carbocycles. The highest BCUT2D eigenvalue weighted by atomic mass is 32.3. The van der Waals surface area contributed by atoms with Crippen molar-refractivity contribution in [2.24, 2.45) is 5.92 Å². The lowest BCUT2D eigenvalue weighted by Gasteiger charge is -2.34. The number of hydrogen-bond acceptors (Lipinski definition) is 5. The van der Waals surface area contributed by atoms with E-state index in [9.17, 15) is 17.6 Å². The molecule has 2 saturated heterocycles. The van der Waals surface area contributed by atoms with Crippen LogP contribution < -0.4 is 10.6 Å². The molecule has 1 unspecified atom stereocenters. The van der Waals surface area contributed by atoms with Crippen LogP contribution >= 0.6 is 10.8 Å². The molecule has 3 aliphatic rings. The Hall–Kier alpha value is -2.33. The van der Waals surface area contributed by atoms with E-state index in [1.54, 1.807) is 12.1 Å². The highest BCUT2D eigenvalue weighted by Gasteiger charge is 2.49. The molecule has 5 rings (SSSR count). The van der Waals surface area contributed by atoms with Crippen molar-refractivity contribution in [2.45, 2.75) is 49.6 Å². The number of rotatable bonds is 6. The molecule has 2 aromatic carbocycles. The van der Waals surface area contributed by atoms with Gasteiger partial charge in [-0.1, -0.05) is 20.8 Å².